The molecule has 0 heterocycles. The molecule has 6 nitrogen and oxygen atoms in total. The lowest BCUT2D eigenvalue weighted by molar-refractivity contribution is -0.0174. The van der Waals surface area contributed by atoms with E-state index in [4.69, 9.17) is 27.5 Å². The summed E-state index contributed by atoms with van der Waals surface area (Å²) in [6.45, 7) is 17.0. The third kappa shape index (κ3) is 13.3. The molecule has 0 fully saturated rings. The van der Waals surface area contributed by atoms with E-state index in [0.29, 0.717) is 45.7 Å². The van der Waals surface area contributed by atoms with Gasteiger partial charge in [0.1, 0.15) is 0 Å². The highest BCUT2D eigenvalue weighted by Crippen LogP contribution is 2.16. The van der Waals surface area contributed by atoms with E-state index in [1.54, 1.807) is 0 Å². The standard InChI is InChI=1S/C17H38O6Si/c1-8-24(21-12-9-18-15(2)3,22-13-10-19-16(4)5)23-14-11-20-17(6)7/h15-17H,8-14H2,1-7H3. The number of ether oxygens (including phenoxy) is 3. The van der Waals surface area contributed by atoms with Gasteiger partial charge in [-0.25, -0.2) is 0 Å². The third-order valence-electron chi connectivity index (χ3n) is 3.00. The minimum Gasteiger partial charge on any atom is -0.376 e. The SMILES string of the molecule is CC[Si](OCCOC(C)C)(OCCOC(C)C)OCCOC(C)C. The second-order valence-corrected chi connectivity index (χ2v) is 9.28. The van der Waals surface area contributed by atoms with Gasteiger partial charge < -0.3 is 27.5 Å². The first-order valence-corrected chi connectivity index (χ1v) is 11.0. The summed E-state index contributed by atoms with van der Waals surface area (Å²) >= 11 is 0. The van der Waals surface area contributed by atoms with Crippen molar-refractivity contribution in [3.05, 3.63) is 0 Å². The molecule has 0 rings (SSSR count). The van der Waals surface area contributed by atoms with Crippen molar-refractivity contribution in [2.24, 2.45) is 0 Å². The molecule has 146 valence electrons. The van der Waals surface area contributed by atoms with E-state index >= 15 is 0 Å². The Bertz CT molecular complexity index is 245. The van der Waals surface area contributed by atoms with Gasteiger partial charge in [-0.05, 0) is 41.5 Å². The first kappa shape index (κ1) is 24.0. The van der Waals surface area contributed by atoms with Crippen LogP contribution < -0.4 is 0 Å². The van der Waals surface area contributed by atoms with Crippen LogP contribution in [0.25, 0.3) is 0 Å². The van der Waals surface area contributed by atoms with Crippen LogP contribution in [0, 0.1) is 0 Å². The van der Waals surface area contributed by atoms with Crippen LogP contribution in [0.15, 0.2) is 0 Å². The van der Waals surface area contributed by atoms with Crippen LogP contribution in [0.3, 0.4) is 0 Å². The van der Waals surface area contributed by atoms with Crippen molar-refractivity contribution in [3.63, 3.8) is 0 Å². The molecule has 0 atom stereocenters. The fourth-order valence-electron chi connectivity index (χ4n) is 1.87. The van der Waals surface area contributed by atoms with E-state index < -0.39 is 8.80 Å². The van der Waals surface area contributed by atoms with Crippen LogP contribution in [0.5, 0.6) is 0 Å². The Kier molecular flexibility index (Phi) is 14.2. The van der Waals surface area contributed by atoms with Gasteiger partial charge in [0.2, 0.25) is 0 Å². The van der Waals surface area contributed by atoms with Crippen molar-refractivity contribution in [1.29, 1.82) is 0 Å². The largest absolute Gasteiger partial charge is 0.500 e. The molecule has 0 unspecified atom stereocenters. The van der Waals surface area contributed by atoms with Crippen molar-refractivity contribution in [2.45, 2.75) is 72.8 Å². The van der Waals surface area contributed by atoms with Crippen molar-refractivity contribution in [2.75, 3.05) is 39.6 Å². The summed E-state index contributed by atoms with van der Waals surface area (Å²) < 4.78 is 34.6. The van der Waals surface area contributed by atoms with Crippen molar-refractivity contribution >= 4 is 8.80 Å². The first-order valence-electron chi connectivity index (χ1n) is 9.08. The molecule has 0 aliphatic rings. The van der Waals surface area contributed by atoms with E-state index in [-0.39, 0.29) is 18.3 Å². The molecule has 7 heteroatoms. The van der Waals surface area contributed by atoms with E-state index in [9.17, 15) is 0 Å². The highest BCUT2D eigenvalue weighted by molar-refractivity contribution is 6.60. The molecular weight excluding hydrogens is 328 g/mol. The van der Waals surface area contributed by atoms with Gasteiger partial charge in [-0.1, -0.05) is 6.92 Å². The van der Waals surface area contributed by atoms with E-state index in [1.807, 2.05) is 48.5 Å². The summed E-state index contributed by atoms with van der Waals surface area (Å²) in [7, 11) is -2.73. The summed E-state index contributed by atoms with van der Waals surface area (Å²) in [4.78, 5) is 0. The van der Waals surface area contributed by atoms with Crippen molar-refractivity contribution in [3.8, 4) is 0 Å². The molecule has 0 N–H and O–H groups in total. The molecule has 0 aromatic rings. The smallest absolute Gasteiger partial charge is 0.376 e. The topological polar surface area (TPSA) is 55.4 Å². The predicted octanol–water partition coefficient (Wildman–Crippen LogP) is 3.27. The van der Waals surface area contributed by atoms with Gasteiger partial charge in [0.05, 0.1) is 58.0 Å². The average Bonchev–Trinajstić information content (AvgIpc) is 2.51. The van der Waals surface area contributed by atoms with Gasteiger partial charge in [0.15, 0.2) is 0 Å². The minimum absolute atomic E-state index is 0.187. The van der Waals surface area contributed by atoms with Gasteiger partial charge in [-0.3, -0.25) is 0 Å². The molecule has 0 saturated carbocycles. The molecule has 0 radical (unpaired) electrons. The number of hydrogen-bond donors (Lipinski definition) is 0. The maximum Gasteiger partial charge on any atom is 0.500 e. The van der Waals surface area contributed by atoms with Crippen LogP contribution in [-0.2, 0) is 27.5 Å². The Morgan fingerprint density at radius 2 is 0.833 bits per heavy atom. The summed E-state index contributed by atoms with van der Waals surface area (Å²) in [5.41, 5.74) is 0. The van der Waals surface area contributed by atoms with Crippen molar-refractivity contribution in [1.82, 2.24) is 0 Å². The van der Waals surface area contributed by atoms with Crippen molar-refractivity contribution < 1.29 is 27.5 Å². The molecule has 0 saturated heterocycles. The van der Waals surface area contributed by atoms with E-state index in [2.05, 4.69) is 0 Å². The van der Waals surface area contributed by atoms with Crippen LogP contribution in [0.4, 0.5) is 0 Å². The Morgan fingerprint density at radius 3 is 1.04 bits per heavy atom. The Labute approximate surface area is 149 Å². The summed E-state index contributed by atoms with van der Waals surface area (Å²) in [6, 6.07) is 0.706. The van der Waals surface area contributed by atoms with E-state index in [1.165, 1.54) is 0 Å². The summed E-state index contributed by atoms with van der Waals surface area (Å²) in [5.74, 6) is 0. The molecule has 0 aromatic heterocycles. The van der Waals surface area contributed by atoms with Crippen LogP contribution in [-0.4, -0.2) is 66.8 Å². The van der Waals surface area contributed by atoms with Gasteiger partial charge in [0.25, 0.3) is 0 Å². The molecular formula is C17H38O6Si. The average molecular weight is 367 g/mol. The highest BCUT2D eigenvalue weighted by Gasteiger charge is 2.39. The molecule has 24 heavy (non-hydrogen) atoms. The van der Waals surface area contributed by atoms with Crippen LogP contribution >= 0.6 is 0 Å². The Morgan fingerprint density at radius 1 is 0.542 bits per heavy atom. The lowest BCUT2D eigenvalue weighted by Gasteiger charge is -2.29. The van der Waals surface area contributed by atoms with Gasteiger partial charge >= 0.3 is 8.80 Å². The lowest BCUT2D eigenvalue weighted by Crippen LogP contribution is -2.47. The fraction of sp³-hybridized carbons (Fsp3) is 1.00. The molecule has 0 spiro atoms. The number of hydrogen-bond acceptors (Lipinski definition) is 6. The molecule has 0 aliphatic carbocycles. The quantitative estimate of drug-likeness (QED) is 0.309. The highest BCUT2D eigenvalue weighted by atomic mass is 28.4. The molecule has 0 aliphatic heterocycles. The first-order chi connectivity index (χ1) is 11.3. The second kappa shape index (κ2) is 14.2. The summed E-state index contributed by atoms with van der Waals surface area (Å²) in [5, 5.41) is 0. The molecule has 0 bridgehead atoms. The zero-order chi connectivity index (χ0) is 18.4. The second-order valence-electron chi connectivity index (χ2n) is 6.34. The number of rotatable bonds is 16. The monoisotopic (exact) mass is 366 g/mol. The Hall–Kier alpha value is -0.0231. The van der Waals surface area contributed by atoms with Crippen LogP contribution in [0.2, 0.25) is 6.04 Å². The Balaban J connectivity index is 4.38. The van der Waals surface area contributed by atoms with Gasteiger partial charge in [0, 0.05) is 6.04 Å². The maximum absolute atomic E-state index is 6.00. The third-order valence-corrected chi connectivity index (χ3v) is 5.80. The minimum atomic E-state index is -2.73. The fourth-order valence-corrected chi connectivity index (χ4v) is 3.92. The summed E-state index contributed by atoms with van der Waals surface area (Å²) in [6.07, 6.45) is 0.561. The zero-order valence-electron chi connectivity index (χ0n) is 16.6. The van der Waals surface area contributed by atoms with Crippen LogP contribution in [0.1, 0.15) is 48.5 Å². The normalized spacial score (nSPS) is 12.8. The molecule has 0 aromatic carbocycles. The maximum atomic E-state index is 6.00. The lowest BCUT2D eigenvalue weighted by atomic mass is 10.5. The van der Waals surface area contributed by atoms with E-state index in [0.717, 1.165) is 0 Å². The predicted molar refractivity (Wildman–Crippen MR) is 97.4 cm³/mol. The van der Waals surface area contributed by atoms with Gasteiger partial charge in [-0.15, -0.1) is 0 Å². The zero-order valence-corrected chi connectivity index (χ0v) is 17.6. The molecule has 0 amide bonds. The van der Waals surface area contributed by atoms with Gasteiger partial charge in [-0.2, -0.15) is 0 Å².